The molecule has 4 heteroatoms. The van der Waals surface area contributed by atoms with E-state index in [1.807, 2.05) is 6.92 Å². The summed E-state index contributed by atoms with van der Waals surface area (Å²) in [6, 6.07) is 5.35. The van der Waals surface area contributed by atoms with Gasteiger partial charge in [-0.15, -0.1) is 0 Å². The molecule has 0 saturated heterocycles. The number of amides is 1. The second kappa shape index (κ2) is 4.79. The molecule has 1 aromatic rings. The van der Waals surface area contributed by atoms with Crippen LogP contribution in [0.5, 0.6) is 0 Å². The Balaban J connectivity index is 2.87. The minimum atomic E-state index is -0.556. The molecule has 14 heavy (non-hydrogen) atoms. The van der Waals surface area contributed by atoms with Crippen LogP contribution in [0.1, 0.15) is 11.1 Å². The summed E-state index contributed by atoms with van der Waals surface area (Å²) in [5, 5.41) is 8.91. The van der Waals surface area contributed by atoms with Gasteiger partial charge in [0.1, 0.15) is 0 Å². The second-order valence-electron chi connectivity index (χ2n) is 2.81. The molecule has 0 atom stereocenters. The second-order valence-corrected chi connectivity index (χ2v) is 3.25. The third-order valence-corrected chi connectivity index (χ3v) is 1.99. The Labute approximate surface area is 87.0 Å². The topological polar surface area (TPSA) is 49.3 Å². The van der Waals surface area contributed by atoms with Crippen LogP contribution in [0, 0.1) is 6.92 Å². The van der Waals surface area contributed by atoms with Gasteiger partial charge in [0.05, 0.1) is 0 Å². The fraction of sp³-hybridized carbons (Fsp3) is 0.100. The van der Waals surface area contributed by atoms with Gasteiger partial charge in [-0.3, -0.25) is 10.0 Å². The van der Waals surface area contributed by atoms with Crippen molar-refractivity contribution in [3.8, 4) is 0 Å². The van der Waals surface area contributed by atoms with E-state index in [9.17, 15) is 4.79 Å². The van der Waals surface area contributed by atoms with Crippen molar-refractivity contribution in [2.75, 3.05) is 0 Å². The first kappa shape index (κ1) is 10.8. The lowest BCUT2D eigenvalue weighted by molar-refractivity contribution is -0.124. The predicted octanol–water partition coefficient (Wildman–Crippen LogP) is 2.17. The number of hydrogen-bond acceptors (Lipinski definition) is 2. The number of hydroxylamine groups is 1. The van der Waals surface area contributed by atoms with Gasteiger partial charge in [-0.2, -0.15) is 0 Å². The molecule has 0 unspecified atom stereocenters. The summed E-state index contributed by atoms with van der Waals surface area (Å²) in [5.41, 5.74) is 3.37. The SMILES string of the molecule is Cc1cc(Cl)ccc1/C=C/C(=O)NO. The Morgan fingerprint density at radius 3 is 2.86 bits per heavy atom. The van der Waals surface area contributed by atoms with Crippen molar-refractivity contribution in [1.29, 1.82) is 0 Å². The number of rotatable bonds is 2. The number of carbonyl (C=O) groups excluding carboxylic acids is 1. The van der Waals surface area contributed by atoms with E-state index in [1.54, 1.807) is 24.3 Å². The van der Waals surface area contributed by atoms with Crippen LogP contribution >= 0.6 is 11.6 Å². The first-order valence-electron chi connectivity index (χ1n) is 4.02. The maximum absolute atomic E-state index is 10.7. The smallest absolute Gasteiger partial charge is 0.267 e. The molecule has 2 N–H and O–H groups in total. The molecule has 0 aromatic heterocycles. The number of halogens is 1. The summed E-state index contributed by atoms with van der Waals surface area (Å²) in [6.07, 6.45) is 2.85. The first-order valence-corrected chi connectivity index (χ1v) is 4.39. The van der Waals surface area contributed by atoms with Gasteiger partial charge in [0.2, 0.25) is 0 Å². The van der Waals surface area contributed by atoms with Crippen molar-refractivity contribution in [1.82, 2.24) is 5.48 Å². The Hall–Kier alpha value is -1.32. The molecule has 0 aliphatic heterocycles. The van der Waals surface area contributed by atoms with Gasteiger partial charge in [0, 0.05) is 11.1 Å². The van der Waals surface area contributed by atoms with Crippen LogP contribution in [-0.2, 0) is 4.79 Å². The summed E-state index contributed by atoms with van der Waals surface area (Å²) in [5.74, 6) is -0.556. The molecule has 1 aromatic carbocycles. The maximum Gasteiger partial charge on any atom is 0.267 e. The zero-order valence-electron chi connectivity index (χ0n) is 7.62. The molecule has 1 rings (SSSR count). The van der Waals surface area contributed by atoms with Crippen LogP contribution in [0.15, 0.2) is 24.3 Å². The number of carbonyl (C=O) groups is 1. The highest BCUT2D eigenvalue weighted by atomic mass is 35.5. The Kier molecular flexibility index (Phi) is 3.68. The van der Waals surface area contributed by atoms with Crippen molar-refractivity contribution in [3.63, 3.8) is 0 Å². The van der Waals surface area contributed by atoms with E-state index in [-0.39, 0.29) is 0 Å². The zero-order chi connectivity index (χ0) is 10.6. The third kappa shape index (κ3) is 2.87. The van der Waals surface area contributed by atoms with Gasteiger partial charge in [-0.1, -0.05) is 17.7 Å². The number of benzene rings is 1. The molecule has 0 aliphatic rings. The van der Waals surface area contributed by atoms with Gasteiger partial charge in [0.25, 0.3) is 5.91 Å². The number of aryl methyl sites for hydroxylation is 1. The molecule has 0 saturated carbocycles. The molecule has 3 nitrogen and oxygen atoms in total. The van der Waals surface area contributed by atoms with Crippen molar-refractivity contribution >= 4 is 23.6 Å². The summed E-state index contributed by atoms with van der Waals surface area (Å²) < 4.78 is 0. The van der Waals surface area contributed by atoms with Crippen molar-refractivity contribution in [2.45, 2.75) is 6.92 Å². The van der Waals surface area contributed by atoms with Crippen LogP contribution in [0.2, 0.25) is 5.02 Å². The monoisotopic (exact) mass is 211 g/mol. The quantitative estimate of drug-likeness (QED) is 0.448. The molecule has 74 valence electrons. The van der Waals surface area contributed by atoms with E-state index >= 15 is 0 Å². The van der Waals surface area contributed by atoms with Crippen LogP contribution in [-0.4, -0.2) is 11.1 Å². The molecule has 0 bridgehead atoms. The van der Waals surface area contributed by atoms with Crippen LogP contribution in [0.4, 0.5) is 0 Å². The number of hydrogen-bond donors (Lipinski definition) is 2. The molecule has 0 aliphatic carbocycles. The van der Waals surface area contributed by atoms with E-state index in [4.69, 9.17) is 16.8 Å². The third-order valence-electron chi connectivity index (χ3n) is 1.76. The van der Waals surface area contributed by atoms with Gasteiger partial charge in [-0.05, 0) is 36.3 Å². The van der Waals surface area contributed by atoms with Gasteiger partial charge >= 0.3 is 0 Å². The largest absolute Gasteiger partial charge is 0.288 e. The van der Waals surface area contributed by atoms with E-state index in [0.717, 1.165) is 11.1 Å². The lowest BCUT2D eigenvalue weighted by atomic mass is 10.1. The van der Waals surface area contributed by atoms with Gasteiger partial charge in [-0.25, -0.2) is 5.48 Å². The average Bonchev–Trinajstić information content (AvgIpc) is 2.16. The highest BCUT2D eigenvalue weighted by molar-refractivity contribution is 6.30. The Morgan fingerprint density at radius 2 is 2.29 bits per heavy atom. The van der Waals surface area contributed by atoms with E-state index < -0.39 is 5.91 Å². The fourth-order valence-corrected chi connectivity index (χ4v) is 1.26. The summed E-state index contributed by atoms with van der Waals surface area (Å²) in [7, 11) is 0. The van der Waals surface area contributed by atoms with E-state index in [1.165, 1.54) is 11.6 Å². The summed E-state index contributed by atoms with van der Waals surface area (Å²) in [6.45, 7) is 1.89. The van der Waals surface area contributed by atoms with Crippen LogP contribution in [0.25, 0.3) is 6.08 Å². The van der Waals surface area contributed by atoms with E-state index in [0.29, 0.717) is 5.02 Å². The fourth-order valence-electron chi connectivity index (χ4n) is 1.03. The van der Waals surface area contributed by atoms with Crippen molar-refractivity contribution in [2.24, 2.45) is 0 Å². The molecule has 1 amide bonds. The van der Waals surface area contributed by atoms with Gasteiger partial charge < -0.3 is 0 Å². The highest BCUT2D eigenvalue weighted by Crippen LogP contribution is 2.16. The number of nitrogens with one attached hydrogen (secondary N) is 1. The summed E-state index contributed by atoms with van der Waals surface area (Å²) in [4.78, 5) is 10.7. The minimum Gasteiger partial charge on any atom is -0.288 e. The average molecular weight is 212 g/mol. The van der Waals surface area contributed by atoms with Crippen molar-refractivity contribution < 1.29 is 10.0 Å². The Bertz CT molecular complexity index is 374. The predicted molar refractivity (Wildman–Crippen MR) is 55.2 cm³/mol. The first-order chi connectivity index (χ1) is 6.63. The van der Waals surface area contributed by atoms with Crippen LogP contribution in [0.3, 0.4) is 0 Å². The minimum absolute atomic E-state index is 0.556. The molecule has 0 fully saturated rings. The molecule has 0 radical (unpaired) electrons. The molecular weight excluding hydrogens is 202 g/mol. The lowest BCUT2D eigenvalue weighted by Gasteiger charge is -1.99. The van der Waals surface area contributed by atoms with Crippen molar-refractivity contribution in [3.05, 3.63) is 40.4 Å². The maximum atomic E-state index is 10.7. The summed E-state index contributed by atoms with van der Waals surface area (Å²) >= 11 is 5.76. The Morgan fingerprint density at radius 1 is 1.57 bits per heavy atom. The molecular formula is C10H10ClNO2. The lowest BCUT2D eigenvalue weighted by Crippen LogP contribution is -2.14. The van der Waals surface area contributed by atoms with E-state index in [2.05, 4.69) is 0 Å². The standard InChI is InChI=1S/C10H10ClNO2/c1-7-6-9(11)4-2-8(7)3-5-10(13)12-14/h2-6,14H,1H3,(H,12,13)/b5-3+. The van der Waals surface area contributed by atoms with Crippen LogP contribution < -0.4 is 5.48 Å². The van der Waals surface area contributed by atoms with Gasteiger partial charge in [0.15, 0.2) is 0 Å². The zero-order valence-corrected chi connectivity index (χ0v) is 8.38. The molecule has 0 spiro atoms. The highest BCUT2D eigenvalue weighted by Gasteiger charge is 1.96. The molecule has 0 heterocycles. The normalized spacial score (nSPS) is 10.5.